The molecule has 1 rings (SSSR count). The van der Waals surface area contributed by atoms with Gasteiger partial charge in [0.05, 0.1) is 0 Å². The topological polar surface area (TPSA) is 4.93 Å². The van der Waals surface area contributed by atoms with Gasteiger partial charge in [-0.1, -0.05) is 6.58 Å². The van der Waals surface area contributed by atoms with E-state index in [4.69, 9.17) is 0 Å². The van der Waals surface area contributed by atoms with E-state index in [1.165, 1.54) is 11.4 Å². The molecule has 0 bridgehead atoms. The van der Waals surface area contributed by atoms with Gasteiger partial charge in [0.15, 0.2) is 0 Å². The Hall–Kier alpha value is -0.980. The summed E-state index contributed by atoms with van der Waals surface area (Å²) >= 11 is 0. The molecule has 1 aromatic heterocycles. The van der Waals surface area contributed by atoms with Crippen LogP contribution in [-0.4, -0.2) is 4.57 Å². The summed E-state index contributed by atoms with van der Waals surface area (Å²) in [7, 11) is 2.05. The molecule has 1 heteroatoms. The molecule has 0 aliphatic rings. The van der Waals surface area contributed by atoms with Gasteiger partial charge in [0.25, 0.3) is 0 Å². The Labute approximate surface area is 62.0 Å². The van der Waals surface area contributed by atoms with E-state index in [9.17, 15) is 0 Å². The SMILES string of the molecule is C=C(C)c1ccc(C)n1C. The lowest BCUT2D eigenvalue weighted by Crippen LogP contribution is -1.94. The van der Waals surface area contributed by atoms with E-state index < -0.39 is 0 Å². The molecule has 1 nitrogen and oxygen atoms in total. The fraction of sp³-hybridized carbons (Fsp3) is 0.333. The number of hydrogen-bond donors (Lipinski definition) is 0. The molecular weight excluding hydrogens is 122 g/mol. The van der Waals surface area contributed by atoms with Crippen LogP contribution in [0.5, 0.6) is 0 Å². The van der Waals surface area contributed by atoms with Crippen LogP contribution in [-0.2, 0) is 7.05 Å². The Morgan fingerprint density at radius 3 is 2.30 bits per heavy atom. The highest BCUT2D eigenvalue weighted by Gasteiger charge is 1.99. The Morgan fingerprint density at radius 2 is 2.10 bits per heavy atom. The predicted molar refractivity (Wildman–Crippen MR) is 44.9 cm³/mol. The van der Waals surface area contributed by atoms with Crippen molar-refractivity contribution in [2.75, 3.05) is 0 Å². The van der Waals surface area contributed by atoms with Crippen molar-refractivity contribution in [3.63, 3.8) is 0 Å². The van der Waals surface area contributed by atoms with Gasteiger partial charge in [-0.15, -0.1) is 0 Å². The number of allylic oxidation sites excluding steroid dienone is 1. The average Bonchev–Trinajstić information content (AvgIpc) is 2.14. The summed E-state index contributed by atoms with van der Waals surface area (Å²) in [6, 6.07) is 4.20. The molecule has 0 atom stereocenters. The van der Waals surface area contributed by atoms with Gasteiger partial charge in [0, 0.05) is 18.4 Å². The molecule has 1 aromatic rings. The Kier molecular flexibility index (Phi) is 1.66. The first kappa shape index (κ1) is 7.13. The van der Waals surface area contributed by atoms with Crippen molar-refractivity contribution in [3.05, 3.63) is 30.1 Å². The van der Waals surface area contributed by atoms with Gasteiger partial charge in [-0.05, 0) is 31.6 Å². The van der Waals surface area contributed by atoms with Crippen LogP contribution >= 0.6 is 0 Å². The van der Waals surface area contributed by atoms with Crippen molar-refractivity contribution in [1.29, 1.82) is 0 Å². The molecule has 1 heterocycles. The lowest BCUT2D eigenvalue weighted by Gasteiger charge is -2.02. The van der Waals surface area contributed by atoms with Crippen molar-refractivity contribution in [2.45, 2.75) is 13.8 Å². The largest absolute Gasteiger partial charge is 0.348 e. The van der Waals surface area contributed by atoms with Gasteiger partial charge in [-0.2, -0.15) is 0 Å². The zero-order valence-corrected chi connectivity index (χ0v) is 6.81. The van der Waals surface area contributed by atoms with E-state index in [1.54, 1.807) is 0 Å². The predicted octanol–water partition coefficient (Wildman–Crippen LogP) is 2.37. The standard InChI is InChI=1S/C9H13N/c1-7(2)9-6-5-8(3)10(9)4/h5-6H,1H2,2-4H3. The molecule has 0 saturated carbocycles. The molecule has 0 aromatic carbocycles. The molecule has 0 unspecified atom stereocenters. The number of hydrogen-bond acceptors (Lipinski definition) is 0. The highest BCUT2D eigenvalue weighted by Crippen LogP contribution is 2.13. The highest BCUT2D eigenvalue weighted by molar-refractivity contribution is 5.58. The quantitative estimate of drug-likeness (QED) is 0.557. The molecule has 0 saturated heterocycles. The second-order valence-electron chi connectivity index (χ2n) is 2.70. The molecule has 0 fully saturated rings. The second kappa shape index (κ2) is 2.33. The van der Waals surface area contributed by atoms with Crippen LogP contribution in [0.1, 0.15) is 18.3 Å². The molecule has 54 valence electrons. The maximum absolute atomic E-state index is 3.88. The summed E-state index contributed by atoms with van der Waals surface area (Å²) in [6.45, 7) is 7.99. The van der Waals surface area contributed by atoms with E-state index in [0.29, 0.717) is 0 Å². The zero-order valence-electron chi connectivity index (χ0n) is 6.81. The first-order valence-corrected chi connectivity index (χ1v) is 3.41. The van der Waals surface area contributed by atoms with Crippen LogP contribution < -0.4 is 0 Å². The average molecular weight is 135 g/mol. The summed E-state index contributed by atoms with van der Waals surface area (Å²) in [5.74, 6) is 0. The number of rotatable bonds is 1. The zero-order chi connectivity index (χ0) is 7.72. The molecule has 0 radical (unpaired) electrons. The van der Waals surface area contributed by atoms with Crippen LogP contribution in [0.3, 0.4) is 0 Å². The number of aryl methyl sites for hydroxylation is 1. The first-order valence-electron chi connectivity index (χ1n) is 3.41. The van der Waals surface area contributed by atoms with Crippen LogP contribution in [0.25, 0.3) is 5.57 Å². The van der Waals surface area contributed by atoms with Crippen molar-refractivity contribution in [2.24, 2.45) is 7.05 Å². The van der Waals surface area contributed by atoms with Gasteiger partial charge in [-0.3, -0.25) is 0 Å². The monoisotopic (exact) mass is 135 g/mol. The molecule has 0 N–H and O–H groups in total. The summed E-state index contributed by atoms with van der Waals surface area (Å²) < 4.78 is 2.14. The third-order valence-electron chi connectivity index (χ3n) is 1.81. The first-order chi connectivity index (χ1) is 4.63. The normalized spacial score (nSPS) is 9.90. The van der Waals surface area contributed by atoms with Crippen LogP contribution in [0.4, 0.5) is 0 Å². The summed E-state index contributed by atoms with van der Waals surface area (Å²) in [6.07, 6.45) is 0. The van der Waals surface area contributed by atoms with Crippen molar-refractivity contribution >= 4 is 5.57 Å². The second-order valence-corrected chi connectivity index (χ2v) is 2.70. The van der Waals surface area contributed by atoms with Gasteiger partial charge in [0.2, 0.25) is 0 Å². The molecule has 0 spiro atoms. The third-order valence-corrected chi connectivity index (χ3v) is 1.81. The molecular formula is C9H13N. The van der Waals surface area contributed by atoms with E-state index in [0.717, 1.165) is 5.57 Å². The highest BCUT2D eigenvalue weighted by atomic mass is 14.9. The smallest absolute Gasteiger partial charge is 0.0429 e. The van der Waals surface area contributed by atoms with Crippen molar-refractivity contribution in [3.8, 4) is 0 Å². The van der Waals surface area contributed by atoms with E-state index >= 15 is 0 Å². The van der Waals surface area contributed by atoms with Crippen LogP contribution in [0.15, 0.2) is 18.7 Å². The fourth-order valence-corrected chi connectivity index (χ4v) is 1.04. The Balaban J connectivity index is 3.17. The Bertz CT molecular complexity index is 256. The van der Waals surface area contributed by atoms with Crippen LogP contribution in [0, 0.1) is 6.92 Å². The minimum absolute atomic E-state index is 1.12. The number of nitrogens with zero attached hydrogens (tertiary/aromatic N) is 1. The Morgan fingerprint density at radius 1 is 1.50 bits per heavy atom. The summed E-state index contributed by atoms with van der Waals surface area (Å²) in [5.41, 5.74) is 3.62. The van der Waals surface area contributed by atoms with Gasteiger partial charge >= 0.3 is 0 Å². The van der Waals surface area contributed by atoms with Crippen LogP contribution in [0.2, 0.25) is 0 Å². The van der Waals surface area contributed by atoms with E-state index in [-0.39, 0.29) is 0 Å². The van der Waals surface area contributed by atoms with Gasteiger partial charge in [-0.25, -0.2) is 0 Å². The maximum atomic E-state index is 3.88. The summed E-state index contributed by atoms with van der Waals surface area (Å²) in [5, 5.41) is 0. The summed E-state index contributed by atoms with van der Waals surface area (Å²) in [4.78, 5) is 0. The minimum Gasteiger partial charge on any atom is -0.348 e. The lowest BCUT2D eigenvalue weighted by atomic mass is 10.2. The van der Waals surface area contributed by atoms with E-state index in [1.807, 2.05) is 6.92 Å². The van der Waals surface area contributed by atoms with Crippen molar-refractivity contribution in [1.82, 2.24) is 4.57 Å². The maximum Gasteiger partial charge on any atom is 0.0429 e. The lowest BCUT2D eigenvalue weighted by molar-refractivity contribution is 0.866. The van der Waals surface area contributed by atoms with E-state index in [2.05, 4.69) is 37.3 Å². The van der Waals surface area contributed by atoms with Crippen molar-refractivity contribution < 1.29 is 0 Å². The fourth-order valence-electron chi connectivity index (χ4n) is 1.04. The molecule has 10 heavy (non-hydrogen) atoms. The number of aromatic nitrogens is 1. The molecule has 0 amide bonds. The van der Waals surface area contributed by atoms with Gasteiger partial charge < -0.3 is 4.57 Å². The molecule has 0 aliphatic carbocycles. The third kappa shape index (κ3) is 0.991. The molecule has 0 aliphatic heterocycles. The van der Waals surface area contributed by atoms with Gasteiger partial charge in [0.1, 0.15) is 0 Å². The minimum atomic E-state index is 1.12.